The molecule has 1 aliphatic heterocycles. The van der Waals surface area contributed by atoms with Crippen LogP contribution in [0.4, 0.5) is 4.79 Å². The zero-order valence-corrected chi connectivity index (χ0v) is 14.4. The van der Waals surface area contributed by atoms with E-state index < -0.39 is 17.6 Å². The highest BCUT2D eigenvalue weighted by molar-refractivity contribution is 5.72. The van der Waals surface area contributed by atoms with Gasteiger partial charge in [0.15, 0.2) is 0 Å². The molecule has 0 bridgehead atoms. The fourth-order valence-corrected chi connectivity index (χ4v) is 2.78. The molecule has 3 atom stereocenters. The summed E-state index contributed by atoms with van der Waals surface area (Å²) in [5, 5.41) is 12.0. The van der Waals surface area contributed by atoms with Gasteiger partial charge in [-0.05, 0) is 60.3 Å². The maximum absolute atomic E-state index is 12.3. The summed E-state index contributed by atoms with van der Waals surface area (Å²) in [5.41, 5.74) is -0.499. The van der Waals surface area contributed by atoms with Crippen LogP contribution in [0.2, 0.25) is 0 Å². The molecule has 6 nitrogen and oxygen atoms in total. The molecule has 1 rings (SSSR count). The van der Waals surface area contributed by atoms with E-state index in [1.165, 1.54) is 0 Å². The van der Waals surface area contributed by atoms with Gasteiger partial charge in [-0.2, -0.15) is 0 Å². The lowest BCUT2D eigenvalue weighted by Gasteiger charge is -2.38. The van der Waals surface area contributed by atoms with Crippen molar-refractivity contribution >= 4 is 12.1 Å². The Labute approximate surface area is 133 Å². The monoisotopic (exact) mass is 314 g/mol. The van der Waals surface area contributed by atoms with Gasteiger partial charge in [0, 0.05) is 18.6 Å². The summed E-state index contributed by atoms with van der Waals surface area (Å²) in [4.78, 5) is 25.0. The Morgan fingerprint density at radius 2 is 1.95 bits per heavy atom. The number of likely N-dealkylation sites (tertiary alicyclic amines) is 1. The van der Waals surface area contributed by atoms with Crippen LogP contribution < -0.4 is 5.32 Å². The topological polar surface area (TPSA) is 78.9 Å². The van der Waals surface area contributed by atoms with Crippen LogP contribution in [0.5, 0.6) is 0 Å². The minimum absolute atomic E-state index is 0.0270. The average Bonchev–Trinajstić information content (AvgIpc) is 2.36. The Balaban J connectivity index is 2.61. The molecule has 0 spiro atoms. The first-order chi connectivity index (χ1) is 10.1. The van der Waals surface area contributed by atoms with Crippen molar-refractivity contribution in [1.29, 1.82) is 0 Å². The van der Waals surface area contributed by atoms with Crippen molar-refractivity contribution in [3.05, 3.63) is 0 Å². The standard InChI is InChI=1S/C16H30N2O4/c1-11(17-12(2)14(19)20)10-13-8-6-7-9-18(13)15(21)22-16(3,4)5/h11-13,17H,6-10H2,1-5H3,(H,19,20). The number of nitrogens with one attached hydrogen (secondary N) is 1. The maximum Gasteiger partial charge on any atom is 0.410 e. The fraction of sp³-hybridized carbons (Fsp3) is 0.875. The number of hydrogen-bond donors (Lipinski definition) is 2. The highest BCUT2D eigenvalue weighted by Crippen LogP contribution is 2.23. The molecule has 2 N–H and O–H groups in total. The molecule has 1 heterocycles. The van der Waals surface area contributed by atoms with E-state index in [-0.39, 0.29) is 18.2 Å². The van der Waals surface area contributed by atoms with Crippen LogP contribution in [0.3, 0.4) is 0 Å². The van der Waals surface area contributed by atoms with Gasteiger partial charge in [0.05, 0.1) is 0 Å². The zero-order valence-electron chi connectivity index (χ0n) is 14.4. The maximum atomic E-state index is 12.3. The van der Waals surface area contributed by atoms with Crippen molar-refractivity contribution in [3.63, 3.8) is 0 Å². The molecule has 0 aliphatic carbocycles. The second-order valence-electron chi connectivity index (χ2n) is 7.19. The molecule has 22 heavy (non-hydrogen) atoms. The third kappa shape index (κ3) is 6.22. The second-order valence-corrected chi connectivity index (χ2v) is 7.19. The van der Waals surface area contributed by atoms with Crippen LogP contribution >= 0.6 is 0 Å². The number of hydrogen-bond acceptors (Lipinski definition) is 4. The third-order valence-electron chi connectivity index (χ3n) is 3.79. The molecule has 0 aromatic carbocycles. The molecular weight excluding hydrogens is 284 g/mol. The molecule has 0 aromatic heterocycles. The smallest absolute Gasteiger partial charge is 0.410 e. The Hall–Kier alpha value is -1.30. The highest BCUT2D eigenvalue weighted by atomic mass is 16.6. The molecule has 128 valence electrons. The predicted octanol–water partition coefficient (Wildman–Crippen LogP) is 2.62. The number of amides is 1. The third-order valence-corrected chi connectivity index (χ3v) is 3.79. The van der Waals surface area contributed by atoms with E-state index in [1.807, 2.05) is 27.7 Å². The lowest BCUT2D eigenvalue weighted by atomic mass is 9.96. The quantitative estimate of drug-likeness (QED) is 0.815. The van der Waals surface area contributed by atoms with Crippen molar-refractivity contribution in [3.8, 4) is 0 Å². The molecule has 0 radical (unpaired) electrons. The first-order valence-electron chi connectivity index (χ1n) is 8.08. The van der Waals surface area contributed by atoms with Gasteiger partial charge in [-0.1, -0.05) is 0 Å². The first kappa shape index (κ1) is 18.7. The number of piperidine rings is 1. The van der Waals surface area contributed by atoms with Crippen LogP contribution in [0, 0.1) is 0 Å². The summed E-state index contributed by atoms with van der Waals surface area (Å²) < 4.78 is 5.48. The number of ether oxygens (including phenoxy) is 1. The van der Waals surface area contributed by atoms with Crippen LogP contribution in [-0.4, -0.2) is 52.3 Å². The molecular formula is C16H30N2O4. The number of carboxylic acid groups (broad SMARTS) is 1. The van der Waals surface area contributed by atoms with Gasteiger partial charge in [0.25, 0.3) is 0 Å². The predicted molar refractivity (Wildman–Crippen MR) is 84.9 cm³/mol. The Kier molecular flexibility index (Phi) is 6.66. The van der Waals surface area contributed by atoms with E-state index in [9.17, 15) is 9.59 Å². The lowest BCUT2D eigenvalue weighted by molar-refractivity contribution is -0.139. The second kappa shape index (κ2) is 7.81. The van der Waals surface area contributed by atoms with Crippen molar-refractivity contribution in [2.75, 3.05) is 6.54 Å². The molecule has 1 fully saturated rings. The lowest BCUT2D eigenvalue weighted by Crippen LogP contribution is -2.49. The number of aliphatic carboxylic acids is 1. The largest absolute Gasteiger partial charge is 0.480 e. The van der Waals surface area contributed by atoms with Crippen molar-refractivity contribution in [2.24, 2.45) is 0 Å². The molecule has 6 heteroatoms. The average molecular weight is 314 g/mol. The van der Waals surface area contributed by atoms with Gasteiger partial charge in [0.1, 0.15) is 11.6 Å². The number of carboxylic acids is 1. The Bertz CT molecular complexity index is 392. The number of rotatable bonds is 5. The molecule has 1 amide bonds. The van der Waals surface area contributed by atoms with Crippen LogP contribution in [0.15, 0.2) is 0 Å². The van der Waals surface area contributed by atoms with E-state index in [0.29, 0.717) is 6.54 Å². The van der Waals surface area contributed by atoms with Crippen LogP contribution in [0.1, 0.15) is 60.3 Å². The molecule has 1 saturated heterocycles. The summed E-state index contributed by atoms with van der Waals surface area (Å²) >= 11 is 0. The van der Waals surface area contributed by atoms with Crippen molar-refractivity contribution in [2.45, 2.75) is 84.0 Å². The minimum Gasteiger partial charge on any atom is -0.480 e. The van der Waals surface area contributed by atoms with E-state index in [0.717, 1.165) is 25.7 Å². The molecule has 3 unspecified atom stereocenters. The van der Waals surface area contributed by atoms with Gasteiger partial charge in [-0.3, -0.25) is 4.79 Å². The normalized spacial score (nSPS) is 22.0. The van der Waals surface area contributed by atoms with Gasteiger partial charge >= 0.3 is 12.1 Å². The zero-order chi connectivity index (χ0) is 16.9. The molecule has 0 aromatic rings. The number of carbonyl (C=O) groups is 2. The summed E-state index contributed by atoms with van der Waals surface area (Å²) in [5.74, 6) is -0.862. The van der Waals surface area contributed by atoms with E-state index in [2.05, 4.69) is 5.32 Å². The number of carbonyl (C=O) groups excluding carboxylic acids is 1. The Morgan fingerprint density at radius 1 is 1.32 bits per heavy atom. The first-order valence-corrected chi connectivity index (χ1v) is 8.08. The van der Waals surface area contributed by atoms with Crippen LogP contribution in [-0.2, 0) is 9.53 Å². The van der Waals surface area contributed by atoms with Gasteiger partial charge in [0.2, 0.25) is 0 Å². The SMILES string of the molecule is CC(CC1CCCCN1C(=O)OC(C)(C)C)NC(C)C(=O)O. The van der Waals surface area contributed by atoms with Gasteiger partial charge < -0.3 is 20.1 Å². The molecule has 0 saturated carbocycles. The van der Waals surface area contributed by atoms with Gasteiger partial charge in [-0.25, -0.2) is 4.79 Å². The Morgan fingerprint density at radius 3 is 2.50 bits per heavy atom. The van der Waals surface area contributed by atoms with E-state index >= 15 is 0 Å². The minimum atomic E-state index is -0.862. The summed E-state index contributed by atoms with van der Waals surface area (Å²) in [6.07, 6.45) is 3.48. The summed E-state index contributed by atoms with van der Waals surface area (Å²) in [6.45, 7) is 9.89. The van der Waals surface area contributed by atoms with Gasteiger partial charge in [-0.15, -0.1) is 0 Å². The van der Waals surface area contributed by atoms with Crippen molar-refractivity contribution in [1.82, 2.24) is 10.2 Å². The van der Waals surface area contributed by atoms with Crippen molar-refractivity contribution < 1.29 is 19.4 Å². The van der Waals surface area contributed by atoms with E-state index in [4.69, 9.17) is 9.84 Å². The fourth-order valence-electron chi connectivity index (χ4n) is 2.78. The van der Waals surface area contributed by atoms with E-state index in [1.54, 1.807) is 11.8 Å². The number of nitrogens with zero attached hydrogens (tertiary/aromatic N) is 1. The highest BCUT2D eigenvalue weighted by Gasteiger charge is 2.31. The summed E-state index contributed by atoms with van der Waals surface area (Å²) in [7, 11) is 0. The van der Waals surface area contributed by atoms with Crippen LogP contribution in [0.25, 0.3) is 0 Å². The summed E-state index contributed by atoms with van der Waals surface area (Å²) in [6, 6.07) is -0.459. The molecule has 1 aliphatic rings.